The van der Waals surface area contributed by atoms with E-state index < -0.39 is 10.0 Å². The van der Waals surface area contributed by atoms with Crippen LogP contribution in [0, 0.1) is 5.92 Å². The van der Waals surface area contributed by atoms with Gasteiger partial charge < -0.3 is 5.32 Å². The lowest BCUT2D eigenvalue weighted by Crippen LogP contribution is -2.49. The summed E-state index contributed by atoms with van der Waals surface area (Å²) in [4.78, 5) is 0. The van der Waals surface area contributed by atoms with Crippen molar-refractivity contribution < 1.29 is 8.42 Å². The first-order chi connectivity index (χ1) is 9.97. The Bertz CT molecular complexity index is 569. The average Bonchev–Trinajstić information content (AvgIpc) is 2.45. The molecule has 0 saturated carbocycles. The van der Waals surface area contributed by atoms with Crippen molar-refractivity contribution in [1.82, 2.24) is 9.62 Å². The zero-order chi connectivity index (χ0) is 15.3. The van der Waals surface area contributed by atoms with Crippen molar-refractivity contribution in [2.75, 3.05) is 25.9 Å². The van der Waals surface area contributed by atoms with Gasteiger partial charge in [-0.3, -0.25) is 0 Å². The Morgan fingerprint density at radius 2 is 2.05 bits per heavy atom. The average molecular weight is 308 g/mol. The Morgan fingerprint density at radius 1 is 1.33 bits per heavy atom. The predicted octanol–water partition coefficient (Wildman–Crippen LogP) is 1.96. The maximum absolute atomic E-state index is 11.6. The molecular formula is C16H24N2O2S. The fraction of sp³-hybridized carbons (Fsp3) is 0.500. The highest BCUT2D eigenvalue weighted by Crippen LogP contribution is 2.18. The van der Waals surface area contributed by atoms with Gasteiger partial charge in [0, 0.05) is 25.7 Å². The van der Waals surface area contributed by atoms with Crippen molar-refractivity contribution >= 4 is 16.1 Å². The van der Waals surface area contributed by atoms with E-state index in [1.165, 1.54) is 11.8 Å². The van der Waals surface area contributed by atoms with Gasteiger partial charge in [-0.2, -0.15) is 0 Å². The lowest BCUT2D eigenvalue weighted by atomic mass is 9.95. The molecule has 0 bridgehead atoms. The number of sulfonamides is 1. The molecule has 0 aliphatic carbocycles. The van der Waals surface area contributed by atoms with Crippen LogP contribution in [-0.4, -0.2) is 44.7 Å². The summed E-state index contributed by atoms with van der Waals surface area (Å²) in [6, 6.07) is 10.6. The van der Waals surface area contributed by atoms with Gasteiger partial charge in [-0.15, -0.1) is 0 Å². The monoisotopic (exact) mass is 308 g/mol. The lowest BCUT2D eigenvalue weighted by Gasteiger charge is -2.35. The third-order valence-electron chi connectivity index (χ3n) is 3.94. The minimum absolute atomic E-state index is 0.332. The van der Waals surface area contributed by atoms with Crippen molar-refractivity contribution in [3.8, 4) is 0 Å². The largest absolute Gasteiger partial charge is 0.310 e. The van der Waals surface area contributed by atoms with Gasteiger partial charge in [-0.25, -0.2) is 12.7 Å². The van der Waals surface area contributed by atoms with Crippen molar-refractivity contribution in [2.45, 2.75) is 19.4 Å². The van der Waals surface area contributed by atoms with E-state index in [1.807, 2.05) is 18.2 Å². The number of nitrogens with one attached hydrogen (secondary N) is 1. The van der Waals surface area contributed by atoms with Gasteiger partial charge in [-0.1, -0.05) is 49.4 Å². The molecule has 1 fully saturated rings. The van der Waals surface area contributed by atoms with E-state index in [0.717, 1.165) is 13.0 Å². The number of rotatable bonds is 5. The maximum Gasteiger partial charge on any atom is 0.211 e. The molecule has 21 heavy (non-hydrogen) atoms. The van der Waals surface area contributed by atoms with E-state index in [-0.39, 0.29) is 0 Å². The molecule has 0 aromatic heterocycles. The fourth-order valence-electron chi connectivity index (χ4n) is 2.69. The summed E-state index contributed by atoms with van der Waals surface area (Å²) in [6.45, 7) is 4.14. The standard InChI is InChI=1S/C16H24N2O2S/c1-14-13-18(21(2,19)20)12-10-16(14)17-11-6-9-15-7-4-3-5-8-15/h3-9,14,16-17H,10-13H2,1-2H3/b9-6+. The van der Waals surface area contributed by atoms with E-state index in [4.69, 9.17) is 0 Å². The summed E-state index contributed by atoms with van der Waals surface area (Å²) in [7, 11) is -3.05. The Labute approximate surface area is 127 Å². The van der Waals surface area contributed by atoms with Crippen LogP contribution in [0.3, 0.4) is 0 Å². The van der Waals surface area contributed by atoms with Crippen LogP contribution in [0.1, 0.15) is 18.9 Å². The molecule has 4 nitrogen and oxygen atoms in total. The molecule has 1 aromatic rings. The number of nitrogens with zero attached hydrogens (tertiary/aromatic N) is 1. The fourth-order valence-corrected chi connectivity index (χ4v) is 3.63. The van der Waals surface area contributed by atoms with Crippen LogP contribution in [0.2, 0.25) is 0 Å². The molecule has 1 N–H and O–H groups in total. The van der Waals surface area contributed by atoms with E-state index >= 15 is 0 Å². The molecule has 5 heteroatoms. The molecule has 2 unspecified atom stereocenters. The van der Waals surface area contributed by atoms with E-state index in [0.29, 0.717) is 25.0 Å². The molecule has 116 valence electrons. The van der Waals surface area contributed by atoms with Gasteiger partial charge in [0.25, 0.3) is 0 Å². The molecule has 1 aromatic carbocycles. The first kappa shape index (κ1) is 16.2. The summed E-state index contributed by atoms with van der Waals surface area (Å²) < 4.78 is 24.7. The molecular weight excluding hydrogens is 284 g/mol. The molecule has 0 radical (unpaired) electrons. The number of hydrogen-bond acceptors (Lipinski definition) is 3. The van der Waals surface area contributed by atoms with Crippen LogP contribution in [0.4, 0.5) is 0 Å². The zero-order valence-corrected chi connectivity index (χ0v) is 13.5. The van der Waals surface area contributed by atoms with E-state index in [1.54, 1.807) is 4.31 Å². The Hall–Kier alpha value is -1.17. The Balaban J connectivity index is 1.79. The van der Waals surface area contributed by atoms with Crippen molar-refractivity contribution in [2.24, 2.45) is 5.92 Å². The molecule has 1 aliphatic heterocycles. The molecule has 1 aliphatic rings. The first-order valence-corrected chi connectivity index (χ1v) is 9.22. The normalized spacial score (nSPS) is 24.5. The second kappa shape index (κ2) is 7.20. The van der Waals surface area contributed by atoms with Crippen LogP contribution < -0.4 is 5.32 Å². The number of hydrogen-bond donors (Lipinski definition) is 1. The van der Waals surface area contributed by atoms with Gasteiger partial charge >= 0.3 is 0 Å². The molecule has 1 saturated heterocycles. The lowest BCUT2D eigenvalue weighted by molar-refractivity contribution is 0.225. The minimum Gasteiger partial charge on any atom is -0.310 e. The summed E-state index contributed by atoms with van der Waals surface area (Å²) in [5.74, 6) is 0.332. The Morgan fingerprint density at radius 3 is 2.67 bits per heavy atom. The highest BCUT2D eigenvalue weighted by Gasteiger charge is 2.29. The summed E-state index contributed by atoms with van der Waals surface area (Å²) in [6.07, 6.45) is 6.37. The van der Waals surface area contributed by atoms with Crippen molar-refractivity contribution in [3.05, 3.63) is 42.0 Å². The van der Waals surface area contributed by atoms with Gasteiger partial charge in [-0.05, 0) is 17.9 Å². The summed E-state index contributed by atoms with van der Waals surface area (Å²) in [5, 5.41) is 3.51. The number of benzene rings is 1. The van der Waals surface area contributed by atoms with E-state index in [2.05, 4.69) is 36.5 Å². The van der Waals surface area contributed by atoms with Gasteiger partial charge in [0.05, 0.1) is 6.26 Å². The Kier molecular flexibility index (Phi) is 5.56. The zero-order valence-electron chi connectivity index (χ0n) is 12.7. The second-order valence-electron chi connectivity index (χ2n) is 5.71. The van der Waals surface area contributed by atoms with Crippen molar-refractivity contribution in [1.29, 1.82) is 0 Å². The first-order valence-electron chi connectivity index (χ1n) is 7.37. The highest BCUT2D eigenvalue weighted by atomic mass is 32.2. The smallest absolute Gasteiger partial charge is 0.211 e. The van der Waals surface area contributed by atoms with Gasteiger partial charge in [0.1, 0.15) is 0 Å². The summed E-state index contributed by atoms with van der Waals surface area (Å²) in [5.41, 5.74) is 1.19. The molecule has 0 spiro atoms. The maximum atomic E-state index is 11.6. The second-order valence-corrected chi connectivity index (χ2v) is 7.70. The third kappa shape index (κ3) is 4.95. The molecule has 1 heterocycles. The van der Waals surface area contributed by atoms with Crippen LogP contribution in [0.15, 0.2) is 36.4 Å². The van der Waals surface area contributed by atoms with E-state index in [9.17, 15) is 8.42 Å². The predicted molar refractivity (Wildman–Crippen MR) is 87.5 cm³/mol. The minimum atomic E-state index is -3.05. The summed E-state index contributed by atoms with van der Waals surface area (Å²) >= 11 is 0. The molecule has 2 rings (SSSR count). The third-order valence-corrected chi connectivity index (χ3v) is 5.21. The SMILES string of the molecule is CC1CN(S(C)(=O)=O)CCC1NC/C=C/c1ccccc1. The quantitative estimate of drug-likeness (QED) is 0.904. The van der Waals surface area contributed by atoms with Crippen molar-refractivity contribution in [3.63, 3.8) is 0 Å². The van der Waals surface area contributed by atoms with Gasteiger partial charge in [0.2, 0.25) is 10.0 Å². The molecule has 2 atom stereocenters. The highest BCUT2D eigenvalue weighted by molar-refractivity contribution is 7.88. The van der Waals surface area contributed by atoms with Gasteiger partial charge in [0.15, 0.2) is 0 Å². The van der Waals surface area contributed by atoms with Crippen LogP contribution in [0.25, 0.3) is 6.08 Å². The number of piperidine rings is 1. The topological polar surface area (TPSA) is 49.4 Å². The molecule has 0 amide bonds. The van der Waals surface area contributed by atoms with Crippen LogP contribution in [0.5, 0.6) is 0 Å². The van der Waals surface area contributed by atoms with Crippen LogP contribution in [-0.2, 0) is 10.0 Å². The van der Waals surface area contributed by atoms with Crippen LogP contribution >= 0.6 is 0 Å².